The van der Waals surface area contributed by atoms with Crippen LogP contribution < -0.4 is 4.90 Å². The van der Waals surface area contributed by atoms with Crippen molar-refractivity contribution in [1.29, 1.82) is 0 Å². The number of hydrogen-bond donors (Lipinski definition) is 0. The van der Waals surface area contributed by atoms with Gasteiger partial charge in [0, 0.05) is 31.4 Å². The second-order valence-electron chi connectivity index (χ2n) is 7.49. The summed E-state index contributed by atoms with van der Waals surface area (Å²) >= 11 is 0. The van der Waals surface area contributed by atoms with Crippen LogP contribution in [0.5, 0.6) is 0 Å². The van der Waals surface area contributed by atoms with Crippen LogP contribution in [0.15, 0.2) is 59.5 Å². The number of nitrogens with zero attached hydrogens (tertiary/aromatic N) is 2. The van der Waals surface area contributed by atoms with Crippen molar-refractivity contribution in [3.8, 4) is 0 Å². The molecular formula is C21H26N2O3S. The molecule has 2 unspecified atom stereocenters. The number of carbonyl (C=O) groups is 1. The lowest BCUT2D eigenvalue weighted by Gasteiger charge is -2.34. The normalized spacial score (nSPS) is 21.0. The summed E-state index contributed by atoms with van der Waals surface area (Å²) in [5.41, 5.74) is 1.25. The summed E-state index contributed by atoms with van der Waals surface area (Å²) in [6, 6.07) is 15.6. The lowest BCUT2D eigenvalue weighted by molar-refractivity contribution is 0.0993. The van der Waals surface area contributed by atoms with Crippen LogP contribution in [0.3, 0.4) is 0 Å². The molecule has 1 aliphatic heterocycles. The fourth-order valence-electron chi connectivity index (χ4n) is 3.68. The summed E-state index contributed by atoms with van der Waals surface area (Å²) in [7, 11) is -1.83. The Morgan fingerprint density at radius 2 is 1.52 bits per heavy atom. The van der Waals surface area contributed by atoms with Crippen molar-refractivity contribution in [2.45, 2.75) is 25.2 Å². The lowest BCUT2D eigenvalue weighted by atomic mass is 9.94. The minimum absolute atomic E-state index is 0.176. The number of sulfonamides is 1. The molecule has 1 saturated heterocycles. The van der Waals surface area contributed by atoms with Crippen molar-refractivity contribution < 1.29 is 13.2 Å². The first-order valence-electron chi connectivity index (χ1n) is 9.22. The van der Waals surface area contributed by atoms with Crippen LogP contribution in [0, 0.1) is 11.8 Å². The van der Waals surface area contributed by atoms with Crippen LogP contribution >= 0.6 is 0 Å². The lowest BCUT2D eigenvalue weighted by Crippen LogP contribution is -2.42. The largest absolute Gasteiger partial charge is 0.311 e. The molecule has 2 aromatic rings. The van der Waals surface area contributed by atoms with E-state index in [4.69, 9.17) is 0 Å². The summed E-state index contributed by atoms with van der Waals surface area (Å²) in [5.74, 6) is 0.526. The minimum atomic E-state index is -3.53. The van der Waals surface area contributed by atoms with Crippen molar-refractivity contribution in [3.05, 3.63) is 60.2 Å². The fourth-order valence-corrected chi connectivity index (χ4v) is 5.36. The standard InChI is InChI=1S/C21H26N2O3S/c1-16-13-17(2)15-23(14-16)27(25,26)20-11-9-18(10-12-20)21(24)22(3)19-7-5-4-6-8-19/h4-12,16-17H,13-15H2,1-3H3. The van der Waals surface area contributed by atoms with Gasteiger partial charge in [0.1, 0.15) is 0 Å². The number of para-hydroxylation sites is 1. The molecular weight excluding hydrogens is 360 g/mol. The Hall–Kier alpha value is -2.18. The van der Waals surface area contributed by atoms with Crippen LogP contribution in [0.25, 0.3) is 0 Å². The number of piperidine rings is 1. The number of benzene rings is 2. The zero-order valence-electron chi connectivity index (χ0n) is 16.0. The maximum absolute atomic E-state index is 12.9. The highest BCUT2D eigenvalue weighted by molar-refractivity contribution is 7.89. The van der Waals surface area contributed by atoms with Gasteiger partial charge in [-0.05, 0) is 54.7 Å². The summed E-state index contributed by atoms with van der Waals surface area (Å²) in [4.78, 5) is 14.5. The van der Waals surface area contributed by atoms with Gasteiger partial charge in [-0.15, -0.1) is 0 Å². The van der Waals surface area contributed by atoms with Gasteiger partial charge in [0.25, 0.3) is 5.91 Å². The van der Waals surface area contributed by atoms with Gasteiger partial charge in [0.2, 0.25) is 10.0 Å². The Morgan fingerprint density at radius 3 is 2.07 bits per heavy atom. The van der Waals surface area contributed by atoms with Gasteiger partial charge in [0.15, 0.2) is 0 Å². The molecule has 0 aliphatic carbocycles. The molecule has 144 valence electrons. The minimum Gasteiger partial charge on any atom is -0.311 e. The van der Waals surface area contributed by atoms with Crippen LogP contribution in [0.2, 0.25) is 0 Å². The maximum Gasteiger partial charge on any atom is 0.258 e. The summed E-state index contributed by atoms with van der Waals surface area (Å²) in [5, 5.41) is 0. The van der Waals surface area contributed by atoms with Gasteiger partial charge in [-0.25, -0.2) is 8.42 Å². The maximum atomic E-state index is 12.9. The van der Waals surface area contributed by atoms with Crippen molar-refractivity contribution in [2.24, 2.45) is 11.8 Å². The smallest absolute Gasteiger partial charge is 0.258 e. The molecule has 6 heteroatoms. The second-order valence-corrected chi connectivity index (χ2v) is 9.43. The highest BCUT2D eigenvalue weighted by Crippen LogP contribution is 2.27. The first-order valence-corrected chi connectivity index (χ1v) is 10.7. The Labute approximate surface area is 161 Å². The van der Waals surface area contributed by atoms with Crippen LogP contribution in [-0.4, -0.2) is 38.8 Å². The molecule has 0 N–H and O–H groups in total. The number of amides is 1. The van der Waals surface area contributed by atoms with Crippen LogP contribution in [-0.2, 0) is 10.0 Å². The molecule has 1 aliphatic rings. The van der Waals surface area contributed by atoms with Crippen molar-refractivity contribution >= 4 is 21.6 Å². The second kappa shape index (κ2) is 7.82. The number of carbonyl (C=O) groups excluding carboxylic acids is 1. The zero-order chi connectivity index (χ0) is 19.6. The van der Waals surface area contributed by atoms with E-state index in [1.807, 2.05) is 30.3 Å². The average molecular weight is 387 g/mol. The summed E-state index contributed by atoms with van der Waals surface area (Å²) in [6.45, 7) is 5.26. The number of anilines is 1. The van der Waals surface area contributed by atoms with E-state index in [1.165, 1.54) is 12.1 Å². The molecule has 0 bridgehead atoms. The molecule has 1 heterocycles. The summed E-state index contributed by atoms with van der Waals surface area (Å²) in [6.07, 6.45) is 1.05. The molecule has 1 amide bonds. The van der Waals surface area contributed by atoms with Gasteiger partial charge >= 0.3 is 0 Å². The Balaban J connectivity index is 1.79. The third-order valence-corrected chi connectivity index (χ3v) is 6.87. The monoisotopic (exact) mass is 386 g/mol. The van der Waals surface area contributed by atoms with E-state index in [1.54, 1.807) is 28.4 Å². The van der Waals surface area contributed by atoms with Gasteiger partial charge in [0.05, 0.1) is 4.90 Å². The zero-order valence-corrected chi connectivity index (χ0v) is 16.8. The molecule has 0 aromatic heterocycles. The molecule has 0 spiro atoms. The van der Waals surface area contributed by atoms with Crippen LogP contribution in [0.1, 0.15) is 30.6 Å². The highest BCUT2D eigenvalue weighted by Gasteiger charge is 2.31. The highest BCUT2D eigenvalue weighted by atomic mass is 32.2. The molecule has 27 heavy (non-hydrogen) atoms. The van der Waals surface area contributed by atoms with Gasteiger partial charge < -0.3 is 4.90 Å². The average Bonchev–Trinajstić information content (AvgIpc) is 2.67. The quantitative estimate of drug-likeness (QED) is 0.806. The van der Waals surface area contributed by atoms with E-state index in [0.717, 1.165) is 12.1 Å². The van der Waals surface area contributed by atoms with E-state index in [2.05, 4.69) is 13.8 Å². The third kappa shape index (κ3) is 4.22. The van der Waals surface area contributed by atoms with Gasteiger partial charge in [-0.3, -0.25) is 4.79 Å². The van der Waals surface area contributed by atoms with E-state index >= 15 is 0 Å². The number of rotatable bonds is 4. The molecule has 1 fully saturated rings. The van der Waals surface area contributed by atoms with E-state index in [9.17, 15) is 13.2 Å². The van der Waals surface area contributed by atoms with Crippen LogP contribution in [0.4, 0.5) is 5.69 Å². The van der Waals surface area contributed by atoms with Gasteiger partial charge in [-0.2, -0.15) is 4.31 Å². The molecule has 2 aromatic carbocycles. The Bertz CT molecular complexity index is 885. The van der Waals surface area contributed by atoms with Crippen molar-refractivity contribution in [2.75, 3.05) is 25.0 Å². The molecule has 0 saturated carbocycles. The van der Waals surface area contributed by atoms with Crippen molar-refractivity contribution in [3.63, 3.8) is 0 Å². The van der Waals surface area contributed by atoms with E-state index in [-0.39, 0.29) is 10.8 Å². The predicted octanol–water partition coefficient (Wildman–Crippen LogP) is 3.63. The predicted molar refractivity (Wildman–Crippen MR) is 107 cm³/mol. The Kier molecular flexibility index (Phi) is 5.67. The fraction of sp³-hybridized carbons (Fsp3) is 0.381. The Morgan fingerprint density at radius 1 is 0.963 bits per heavy atom. The van der Waals surface area contributed by atoms with Crippen molar-refractivity contribution in [1.82, 2.24) is 4.31 Å². The molecule has 5 nitrogen and oxygen atoms in total. The first-order chi connectivity index (χ1) is 12.8. The number of hydrogen-bond acceptors (Lipinski definition) is 3. The topological polar surface area (TPSA) is 57.7 Å². The molecule has 2 atom stereocenters. The van der Waals surface area contributed by atoms with E-state index in [0.29, 0.717) is 30.5 Å². The molecule has 0 radical (unpaired) electrons. The molecule has 3 rings (SSSR count). The third-order valence-electron chi connectivity index (χ3n) is 5.02. The first kappa shape index (κ1) is 19.6. The SMILES string of the molecule is CC1CC(C)CN(S(=O)(=O)c2ccc(C(=O)N(C)c3ccccc3)cc2)C1. The summed E-state index contributed by atoms with van der Waals surface area (Å²) < 4.78 is 27.5. The van der Waals surface area contributed by atoms with Gasteiger partial charge in [-0.1, -0.05) is 32.0 Å². The van der Waals surface area contributed by atoms with E-state index < -0.39 is 10.0 Å².